The topological polar surface area (TPSA) is 54.9 Å². The van der Waals surface area contributed by atoms with E-state index in [1.54, 1.807) is 7.11 Å². The first-order valence-corrected chi connectivity index (χ1v) is 10.6. The molecule has 30 heavy (non-hydrogen) atoms. The molecule has 1 aromatic carbocycles. The summed E-state index contributed by atoms with van der Waals surface area (Å²) >= 11 is 0. The Kier molecular flexibility index (Phi) is 7.45. The summed E-state index contributed by atoms with van der Waals surface area (Å²) < 4.78 is 11.0. The average molecular weight is 412 g/mol. The highest BCUT2D eigenvalue weighted by atomic mass is 16.6. The van der Waals surface area contributed by atoms with Crippen molar-refractivity contribution in [2.24, 2.45) is 0 Å². The molecule has 1 aromatic heterocycles. The highest BCUT2D eigenvalue weighted by Crippen LogP contribution is 2.30. The van der Waals surface area contributed by atoms with Gasteiger partial charge in [0.2, 0.25) is 0 Å². The monoisotopic (exact) mass is 411 g/mol. The Morgan fingerprint density at radius 1 is 1.13 bits per heavy atom. The van der Waals surface area contributed by atoms with Crippen LogP contribution in [0.1, 0.15) is 44.5 Å². The van der Waals surface area contributed by atoms with Gasteiger partial charge in [-0.3, -0.25) is 9.88 Å². The summed E-state index contributed by atoms with van der Waals surface area (Å²) in [7, 11) is 1.69. The number of rotatable bonds is 6. The van der Waals surface area contributed by atoms with Crippen LogP contribution in [0, 0.1) is 0 Å². The lowest BCUT2D eigenvalue weighted by molar-refractivity contribution is -0.0107. The van der Waals surface area contributed by atoms with Gasteiger partial charge in [-0.1, -0.05) is 36.4 Å². The van der Waals surface area contributed by atoms with Crippen molar-refractivity contribution < 1.29 is 14.3 Å². The number of carbonyl (C=O) groups is 1. The largest absolute Gasteiger partial charge is 0.444 e. The number of benzene rings is 1. The van der Waals surface area contributed by atoms with E-state index in [1.807, 2.05) is 50.1 Å². The lowest BCUT2D eigenvalue weighted by atomic mass is 9.98. The van der Waals surface area contributed by atoms with Gasteiger partial charge in [0, 0.05) is 39.5 Å². The van der Waals surface area contributed by atoms with E-state index in [1.165, 1.54) is 5.56 Å². The van der Waals surface area contributed by atoms with Gasteiger partial charge in [-0.05, 0) is 44.9 Å². The molecule has 1 aliphatic heterocycles. The summed E-state index contributed by atoms with van der Waals surface area (Å²) in [4.78, 5) is 21.8. The fourth-order valence-electron chi connectivity index (χ4n) is 3.92. The summed E-state index contributed by atoms with van der Waals surface area (Å²) in [5, 5.41) is 0. The minimum Gasteiger partial charge on any atom is -0.444 e. The SMILES string of the molecule is COCC[C@H]1CN(C(c2ccccc2)c2ccccn2)CCN1C(=O)OC(C)(C)C. The number of hydrogen-bond donors (Lipinski definition) is 0. The number of piperazine rings is 1. The molecule has 1 amide bonds. The minimum absolute atomic E-state index is 0.0171. The van der Waals surface area contributed by atoms with Crippen molar-refractivity contribution in [2.75, 3.05) is 33.4 Å². The van der Waals surface area contributed by atoms with E-state index < -0.39 is 5.60 Å². The molecule has 1 aliphatic rings. The van der Waals surface area contributed by atoms with Gasteiger partial charge in [-0.25, -0.2) is 4.79 Å². The first-order valence-electron chi connectivity index (χ1n) is 10.6. The minimum atomic E-state index is -0.513. The van der Waals surface area contributed by atoms with Gasteiger partial charge in [-0.15, -0.1) is 0 Å². The van der Waals surface area contributed by atoms with Crippen molar-refractivity contribution >= 4 is 6.09 Å². The van der Waals surface area contributed by atoms with Crippen LogP contribution in [-0.4, -0.2) is 65.9 Å². The van der Waals surface area contributed by atoms with Crippen LogP contribution in [0.3, 0.4) is 0 Å². The van der Waals surface area contributed by atoms with E-state index in [0.717, 1.165) is 25.2 Å². The van der Waals surface area contributed by atoms with Gasteiger partial charge < -0.3 is 14.4 Å². The number of pyridine rings is 1. The number of ether oxygens (including phenoxy) is 2. The summed E-state index contributed by atoms with van der Waals surface area (Å²) in [5.74, 6) is 0. The molecule has 0 bridgehead atoms. The van der Waals surface area contributed by atoms with E-state index in [2.05, 4.69) is 40.2 Å². The second-order valence-electron chi connectivity index (χ2n) is 8.67. The lowest BCUT2D eigenvalue weighted by Crippen LogP contribution is -2.57. The van der Waals surface area contributed by atoms with Gasteiger partial charge in [0.25, 0.3) is 0 Å². The standard InChI is InChI=1S/C24H33N3O3/c1-24(2,3)30-23(28)27-16-15-26(18-20(27)13-17-29-4)22(19-10-6-5-7-11-19)21-12-8-9-14-25-21/h5-12,14,20,22H,13,15-18H2,1-4H3/t20-,22?/m0/s1. The van der Waals surface area contributed by atoms with Crippen molar-refractivity contribution in [2.45, 2.75) is 44.9 Å². The predicted molar refractivity (Wildman–Crippen MR) is 117 cm³/mol. The highest BCUT2D eigenvalue weighted by Gasteiger charge is 2.36. The normalized spacial score (nSPS) is 18.8. The fourth-order valence-corrected chi connectivity index (χ4v) is 3.92. The molecule has 0 spiro atoms. The van der Waals surface area contributed by atoms with E-state index in [4.69, 9.17) is 9.47 Å². The van der Waals surface area contributed by atoms with Crippen LogP contribution in [0.25, 0.3) is 0 Å². The number of nitrogens with zero attached hydrogens (tertiary/aromatic N) is 3. The molecule has 162 valence electrons. The Hall–Kier alpha value is -2.44. The number of methoxy groups -OCH3 is 1. The van der Waals surface area contributed by atoms with Crippen molar-refractivity contribution in [3.05, 3.63) is 66.0 Å². The van der Waals surface area contributed by atoms with E-state index in [0.29, 0.717) is 13.2 Å². The third-order valence-corrected chi connectivity index (χ3v) is 5.25. The smallest absolute Gasteiger partial charge is 0.410 e. The highest BCUT2D eigenvalue weighted by molar-refractivity contribution is 5.68. The van der Waals surface area contributed by atoms with Gasteiger partial charge in [0.05, 0.1) is 17.8 Å². The zero-order valence-electron chi connectivity index (χ0n) is 18.5. The molecule has 2 atom stereocenters. The Labute approximate surface area is 179 Å². The second kappa shape index (κ2) is 10.0. The zero-order chi connectivity index (χ0) is 21.6. The molecule has 2 aromatic rings. The molecule has 0 radical (unpaired) electrons. The summed E-state index contributed by atoms with van der Waals surface area (Å²) in [6.45, 7) is 8.39. The number of aromatic nitrogens is 1. The van der Waals surface area contributed by atoms with Crippen LogP contribution in [0.4, 0.5) is 4.79 Å². The van der Waals surface area contributed by atoms with Crippen LogP contribution in [-0.2, 0) is 9.47 Å². The predicted octanol–water partition coefficient (Wildman–Crippen LogP) is 4.13. The maximum Gasteiger partial charge on any atom is 0.410 e. The second-order valence-corrected chi connectivity index (χ2v) is 8.67. The van der Waals surface area contributed by atoms with E-state index in [-0.39, 0.29) is 18.2 Å². The first-order chi connectivity index (χ1) is 14.4. The maximum atomic E-state index is 12.8. The molecule has 1 fully saturated rings. The molecule has 1 saturated heterocycles. The summed E-state index contributed by atoms with van der Waals surface area (Å²) in [6, 6.07) is 16.5. The van der Waals surface area contributed by atoms with Crippen LogP contribution in [0.15, 0.2) is 54.7 Å². The molecule has 1 unspecified atom stereocenters. The molecule has 6 heteroatoms. The molecule has 0 N–H and O–H groups in total. The van der Waals surface area contributed by atoms with Crippen LogP contribution < -0.4 is 0 Å². The van der Waals surface area contributed by atoms with Crippen LogP contribution in [0.2, 0.25) is 0 Å². The van der Waals surface area contributed by atoms with Gasteiger partial charge in [0.1, 0.15) is 5.60 Å². The third kappa shape index (κ3) is 5.80. The van der Waals surface area contributed by atoms with Crippen molar-refractivity contribution in [3.63, 3.8) is 0 Å². The first kappa shape index (κ1) is 22.2. The molecule has 2 heterocycles. The summed E-state index contributed by atoms with van der Waals surface area (Å²) in [5.41, 5.74) is 1.70. The van der Waals surface area contributed by atoms with Crippen LogP contribution >= 0.6 is 0 Å². The number of amides is 1. The zero-order valence-corrected chi connectivity index (χ0v) is 18.5. The Morgan fingerprint density at radius 3 is 2.50 bits per heavy atom. The van der Waals surface area contributed by atoms with Gasteiger partial charge >= 0.3 is 6.09 Å². The van der Waals surface area contributed by atoms with Crippen molar-refractivity contribution in [1.82, 2.24) is 14.8 Å². The van der Waals surface area contributed by atoms with Gasteiger partial charge in [0.15, 0.2) is 0 Å². The van der Waals surface area contributed by atoms with Crippen LogP contribution in [0.5, 0.6) is 0 Å². The number of hydrogen-bond acceptors (Lipinski definition) is 5. The third-order valence-electron chi connectivity index (χ3n) is 5.25. The molecule has 0 aliphatic carbocycles. The molecular formula is C24H33N3O3. The molecule has 0 saturated carbocycles. The molecule has 3 rings (SSSR count). The van der Waals surface area contributed by atoms with E-state index in [9.17, 15) is 4.79 Å². The Balaban J connectivity index is 1.85. The van der Waals surface area contributed by atoms with Crippen molar-refractivity contribution in [1.29, 1.82) is 0 Å². The van der Waals surface area contributed by atoms with E-state index >= 15 is 0 Å². The summed E-state index contributed by atoms with van der Waals surface area (Å²) in [6.07, 6.45) is 2.35. The average Bonchev–Trinajstić information content (AvgIpc) is 2.73. The Bertz CT molecular complexity index is 753. The van der Waals surface area contributed by atoms with Gasteiger partial charge in [-0.2, -0.15) is 0 Å². The Morgan fingerprint density at radius 2 is 1.87 bits per heavy atom. The molecular weight excluding hydrogens is 378 g/mol. The fraction of sp³-hybridized carbons (Fsp3) is 0.500. The maximum absolute atomic E-state index is 12.8. The quantitative estimate of drug-likeness (QED) is 0.715. The number of carbonyl (C=O) groups excluding carboxylic acids is 1. The lowest BCUT2D eigenvalue weighted by Gasteiger charge is -2.44. The van der Waals surface area contributed by atoms with Crippen molar-refractivity contribution in [3.8, 4) is 0 Å². The molecule has 6 nitrogen and oxygen atoms in total.